The number of carbonyl (C=O) groups excluding carboxylic acids is 1. The third-order valence-corrected chi connectivity index (χ3v) is 7.38. The molecule has 0 bridgehead atoms. The fourth-order valence-corrected chi connectivity index (χ4v) is 5.86. The minimum atomic E-state index is -0.271. The number of carbonyl (C=O) groups is 1. The first-order valence-electron chi connectivity index (χ1n) is 10.1. The van der Waals surface area contributed by atoms with Gasteiger partial charge in [0.05, 0.1) is 12.7 Å². The van der Waals surface area contributed by atoms with Crippen LogP contribution in [0.3, 0.4) is 0 Å². The number of thiocarbonyl (C=S) groups is 1. The SMILES string of the molecule is COC(=O)c1c(NC(=S)N2CCN(c3ccc(C)cc3)C(C)C2)sc2c1CCC2. The van der Waals surface area contributed by atoms with Crippen molar-refractivity contribution in [3.63, 3.8) is 0 Å². The maximum Gasteiger partial charge on any atom is 0.341 e. The van der Waals surface area contributed by atoms with Gasteiger partial charge in [-0.2, -0.15) is 0 Å². The van der Waals surface area contributed by atoms with Crippen LogP contribution in [-0.4, -0.2) is 48.8 Å². The van der Waals surface area contributed by atoms with Crippen LogP contribution >= 0.6 is 23.6 Å². The predicted molar refractivity (Wildman–Crippen MR) is 123 cm³/mol. The van der Waals surface area contributed by atoms with Crippen LogP contribution in [0.15, 0.2) is 24.3 Å². The van der Waals surface area contributed by atoms with Gasteiger partial charge in [-0.1, -0.05) is 17.7 Å². The number of nitrogens with zero attached hydrogens (tertiary/aromatic N) is 2. The second-order valence-corrected chi connectivity index (χ2v) is 9.30. The highest BCUT2D eigenvalue weighted by atomic mass is 32.1. The second kappa shape index (κ2) is 8.32. The van der Waals surface area contributed by atoms with Gasteiger partial charge in [-0.15, -0.1) is 11.3 Å². The van der Waals surface area contributed by atoms with Crippen molar-refractivity contribution >= 4 is 45.3 Å². The fraction of sp³-hybridized carbons (Fsp3) is 0.455. The minimum Gasteiger partial charge on any atom is -0.465 e. The Hall–Kier alpha value is -2.12. The van der Waals surface area contributed by atoms with E-state index in [2.05, 4.69) is 53.2 Å². The average molecular weight is 430 g/mol. The molecule has 0 radical (unpaired) electrons. The number of piperazine rings is 1. The van der Waals surface area contributed by atoms with Crippen LogP contribution in [0.1, 0.15) is 39.7 Å². The molecule has 1 aliphatic carbocycles. The van der Waals surface area contributed by atoms with Gasteiger partial charge in [0.1, 0.15) is 5.00 Å². The number of methoxy groups -OCH3 is 1. The van der Waals surface area contributed by atoms with Crippen LogP contribution in [0.4, 0.5) is 10.7 Å². The minimum absolute atomic E-state index is 0.271. The van der Waals surface area contributed by atoms with E-state index in [4.69, 9.17) is 17.0 Å². The molecule has 2 aromatic rings. The maximum atomic E-state index is 12.4. The quantitative estimate of drug-likeness (QED) is 0.582. The van der Waals surface area contributed by atoms with Gasteiger partial charge in [-0.3, -0.25) is 0 Å². The summed E-state index contributed by atoms with van der Waals surface area (Å²) in [4.78, 5) is 18.3. The number of nitrogens with one attached hydrogen (secondary N) is 1. The Balaban J connectivity index is 1.45. The van der Waals surface area contributed by atoms with Crippen molar-refractivity contribution in [3.05, 3.63) is 45.8 Å². The summed E-state index contributed by atoms with van der Waals surface area (Å²) in [5.41, 5.74) is 4.35. The lowest BCUT2D eigenvalue weighted by atomic mass is 10.1. The topological polar surface area (TPSA) is 44.8 Å². The van der Waals surface area contributed by atoms with Crippen LogP contribution < -0.4 is 10.2 Å². The Morgan fingerprint density at radius 3 is 2.69 bits per heavy atom. The standard InChI is InChI=1S/C22H27N3O2S2/c1-14-7-9-16(10-8-14)25-12-11-24(13-15(25)2)22(28)23-20-19(21(26)27-3)17-5-4-6-18(17)29-20/h7-10,15H,4-6,11-13H2,1-3H3,(H,23,28). The van der Waals surface area contributed by atoms with Crippen molar-refractivity contribution in [3.8, 4) is 0 Å². The number of hydrogen-bond donors (Lipinski definition) is 1. The third kappa shape index (κ3) is 3.98. The van der Waals surface area contributed by atoms with Gasteiger partial charge in [0.15, 0.2) is 5.11 Å². The summed E-state index contributed by atoms with van der Waals surface area (Å²) in [7, 11) is 1.44. The molecule has 2 aliphatic rings. The van der Waals surface area contributed by atoms with Gasteiger partial charge < -0.3 is 19.9 Å². The number of esters is 1. The van der Waals surface area contributed by atoms with Crippen LogP contribution in [0.2, 0.25) is 0 Å². The van der Waals surface area contributed by atoms with Gasteiger partial charge in [0.25, 0.3) is 0 Å². The zero-order valence-corrected chi connectivity index (χ0v) is 18.8. The molecule has 1 N–H and O–H groups in total. The van der Waals surface area contributed by atoms with Gasteiger partial charge in [0.2, 0.25) is 0 Å². The van der Waals surface area contributed by atoms with E-state index in [1.54, 1.807) is 11.3 Å². The molecule has 2 heterocycles. The normalized spacial score (nSPS) is 18.5. The molecule has 7 heteroatoms. The number of aryl methyl sites for hydroxylation is 2. The zero-order valence-electron chi connectivity index (χ0n) is 17.2. The Kier molecular flexibility index (Phi) is 5.79. The molecule has 0 amide bonds. The summed E-state index contributed by atoms with van der Waals surface area (Å²) >= 11 is 7.37. The number of benzene rings is 1. The number of ether oxygens (including phenoxy) is 1. The van der Waals surface area contributed by atoms with Crippen molar-refractivity contribution in [2.75, 3.05) is 37.0 Å². The molecule has 1 unspecified atom stereocenters. The van der Waals surface area contributed by atoms with Crippen molar-refractivity contribution in [2.45, 2.75) is 39.2 Å². The first-order valence-corrected chi connectivity index (χ1v) is 11.3. The molecule has 1 aliphatic heterocycles. The molecule has 1 aromatic carbocycles. The summed E-state index contributed by atoms with van der Waals surface area (Å²) in [5, 5.41) is 4.88. The first-order chi connectivity index (χ1) is 14.0. The number of hydrogen-bond acceptors (Lipinski definition) is 5. The van der Waals surface area contributed by atoms with Crippen molar-refractivity contribution in [1.82, 2.24) is 4.90 Å². The molecule has 0 spiro atoms. The molecule has 1 aromatic heterocycles. The summed E-state index contributed by atoms with van der Waals surface area (Å²) < 4.78 is 5.04. The number of anilines is 2. The van der Waals surface area contributed by atoms with Gasteiger partial charge >= 0.3 is 5.97 Å². The van der Waals surface area contributed by atoms with E-state index in [1.807, 2.05) is 0 Å². The lowest BCUT2D eigenvalue weighted by Gasteiger charge is -2.42. The highest BCUT2D eigenvalue weighted by molar-refractivity contribution is 7.80. The molecular formula is C22H27N3O2S2. The molecule has 154 valence electrons. The van der Waals surface area contributed by atoms with Gasteiger partial charge in [-0.25, -0.2) is 4.79 Å². The zero-order chi connectivity index (χ0) is 20.5. The molecule has 29 heavy (non-hydrogen) atoms. The van der Waals surface area contributed by atoms with E-state index in [-0.39, 0.29) is 5.97 Å². The largest absolute Gasteiger partial charge is 0.465 e. The van der Waals surface area contributed by atoms with Crippen molar-refractivity contribution in [1.29, 1.82) is 0 Å². The third-order valence-electron chi connectivity index (χ3n) is 5.81. The predicted octanol–water partition coefficient (Wildman–Crippen LogP) is 4.24. The van der Waals surface area contributed by atoms with Crippen LogP contribution in [0.5, 0.6) is 0 Å². The highest BCUT2D eigenvalue weighted by Crippen LogP contribution is 2.39. The van der Waals surface area contributed by atoms with Gasteiger partial charge in [0, 0.05) is 36.2 Å². The van der Waals surface area contributed by atoms with Crippen LogP contribution in [0, 0.1) is 6.92 Å². The molecule has 1 fully saturated rings. The number of fused-ring (bicyclic) bond motifs is 1. The summed E-state index contributed by atoms with van der Waals surface area (Å²) in [6.07, 6.45) is 3.08. The monoisotopic (exact) mass is 429 g/mol. The molecule has 0 saturated carbocycles. The average Bonchev–Trinajstić information content (AvgIpc) is 3.29. The van der Waals surface area contributed by atoms with E-state index in [0.717, 1.165) is 49.5 Å². The summed E-state index contributed by atoms with van der Waals surface area (Å²) in [6, 6.07) is 9.04. The van der Waals surface area contributed by atoms with E-state index < -0.39 is 0 Å². The number of thiophene rings is 1. The Bertz CT molecular complexity index is 923. The van der Waals surface area contributed by atoms with E-state index in [1.165, 1.54) is 23.2 Å². The second-order valence-electron chi connectivity index (χ2n) is 7.81. The molecular weight excluding hydrogens is 402 g/mol. The Morgan fingerprint density at radius 1 is 1.24 bits per heavy atom. The summed E-state index contributed by atoms with van der Waals surface area (Å²) in [6.45, 7) is 6.95. The van der Waals surface area contributed by atoms with E-state index in [0.29, 0.717) is 16.7 Å². The lowest BCUT2D eigenvalue weighted by molar-refractivity contribution is 0.0601. The molecule has 1 atom stereocenters. The van der Waals surface area contributed by atoms with Gasteiger partial charge in [-0.05, 0) is 63.0 Å². The Labute approximate surface area is 181 Å². The van der Waals surface area contributed by atoms with E-state index in [9.17, 15) is 4.79 Å². The molecule has 1 saturated heterocycles. The Morgan fingerprint density at radius 2 is 2.00 bits per heavy atom. The molecule has 5 nitrogen and oxygen atoms in total. The number of rotatable bonds is 3. The lowest BCUT2D eigenvalue weighted by Crippen LogP contribution is -2.54. The van der Waals surface area contributed by atoms with E-state index >= 15 is 0 Å². The highest BCUT2D eigenvalue weighted by Gasteiger charge is 2.30. The smallest absolute Gasteiger partial charge is 0.341 e. The van der Waals surface area contributed by atoms with Crippen LogP contribution in [0.25, 0.3) is 0 Å². The van der Waals surface area contributed by atoms with Crippen molar-refractivity contribution < 1.29 is 9.53 Å². The van der Waals surface area contributed by atoms with Crippen molar-refractivity contribution in [2.24, 2.45) is 0 Å². The summed E-state index contributed by atoms with van der Waals surface area (Å²) in [5.74, 6) is -0.271. The van der Waals surface area contributed by atoms with Crippen LogP contribution in [-0.2, 0) is 17.6 Å². The fourth-order valence-electron chi connectivity index (χ4n) is 4.25. The first kappa shape index (κ1) is 20.2. The molecule has 4 rings (SSSR count). The maximum absolute atomic E-state index is 12.4.